The molecule has 2 aromatic carbocycles. The van der Waals surface area contributed by atoms with Crippen molar-refractivity contribution < 1.29 is 9.53 Å². The standard InChI is InChI=1S/C18H18N2O2/c1-3-11-22-17-10-5-4-9-16(17)18(21)20-19-13-15-8-6-7-14(2)12-15/h3-10,12-13H,1,11H2,2H3,(H,20,21)/b19-13+. The maximum absolute atomic E-state index is 12.2. The van der Waals surface area contributed by atoms with Crippen LogP contribution in [0.15, 0.2) is 66.3 Å². The Balaban J connectivity index is 2.04. The Morgan fingerprint density at radius 1 is 1.27 bits per heavy atom. The van der Waals surface area contributed by atoms with Crippen LogP contribution in [-0.4, -0.2) is 18.7 Å². The predicted octanol–water partition coefficient (Wildman–Crippen LogP) is 3.32. The summed E-state index contributed by atoms with van der Waals surface area (Å²) < 4.78 is 5.46. The minimum Gasteiger partial charge on any atom is -0.489 e. The summed E-state index contributed by atoms with van der Waals surface area (Å²) in [6, 6.07) is 14.9. The molecule has 0 aliphatic carbocycles. The van der Waals surface area contributed by atoms with Crippen molar-refractivity contribution >= 4 is 12.1 Å². The van der Waals surface area contributed by atoms with E-state index in [1.54, 1.807) is 30.5 Å². The molecule has 2 aromatic rings. The van der Waals surface area contributed by atoms with Crippen LogP contribution < -0.4 is 10.2 Å². The Bertz CT molecular complexity index is 693. The van der Waals surface area contributed by atoms with Crippen molar-refractivity contribution in [3.63, 3.8) is 0 Å². The molecule has 0 fully saturated rings. The molecule has 4 heteroatoms. The predicted molar refractivity (Wildman–Crippen MR) is 88.4 cm³/mol. The highest BCUT2D eigenvalue weighted by molar-refractivity contribution is 5.97. The zero-order valence-corrected chi connectivity index (χ0v) is 12.5. The zero-order valence-electron chi connectivity index (χ0n) is 12.5. The van der Waals surface area contributed by atoms with Gasteiger partial charge in [-0.1, -0.05) is 54.6 Å². The maximum atomic E-state index is 12.2. The summed E-state index contributed by atoms with van der Waals surface area (Å²) in [5.74, 6) is 0.189. The summed E-state index contributed by atoms with van der Waals surface area (Å²) in [6.45, 7) is 5.94. The molecule has 0 aliphatic rings. The Morgan fingerprint density at radius 3 is 2.86 bits per heavy atom. The first-order valence-electron chi connectivity index (χ1n) is 6.93. The summed E-state index contributed by atoms with van der Waals surface area (Å²) >= 11 is 0. The van der Waals surface area contributed by atoms with E-state index in [-0.39, 0.29) is 5.91 Å². The number of benzene rings is 2. The second-order valence-electron chi connectivity index (χ2n) is 4.71. The van der Waals surface area contributed by atoms with Gasteiger partial charge in [-0.2, -0.15) is 5.10 Å². The third kappa shape index (κ3) is 4.31. The summed E-state index contributed by atoms with van der Waals surface area (Å²) in [5.41, 5.74) is 5.01. The van der Waals surface area contributed by atoms with Gasteiger partial charge in [0.15, 0.2) is 0 Å². The van der Waals surface area contributed by atoms with E-state index >= 15 is 0 Å². The van der Waals surface area contributed by atoms with Crippen LogP contribution >= 0.6 is 0 Å². The normalized spacial score (nSPS) is 10.4. The molecule has 22 heavy (non-hydrogen) atoms. The lowest BCUT2D eigenvalue weighted by atomic mass is 10.2. The molecule has 0 heterocycles. The van der Waals surface area contributed by atoms with E-state index in [1.807, 2.05) is 37.3 Å². The Hall–Kier alpha value is -2.88. The van der Waals surface area contributed by atoms with Gasteiger partial charge in [-0.05, 0) is 24.6 Å². The fourth-order valence-corrected chi connectivity index (χ4v) is 1.90. The monoisotopic (exact) mass is 294 g/mol. The molecule has 0 unspecified atom stereocenters. The van der Waals surface area contributed by atoms with Gasteiger partial charge in [0.1, 0.15) is 12.4 Å². The molecule has 1 N–H and O–H groups in total. The highest BCUT2D eigenvalue weighted by Crippen LogP contribution is 2.17. The van der Waals surface area contributed by atoms with Crippen molar-refractivity contribution in [2.24, 2.45) is 5.10 Å². The number of hydrogen-bond acceptors (Lipinski definition) is 3. The van der Waals surface area contributed by atoms with E-state index < -0.39 is 0 Å². The molecular formula is C18H18N2O2. The fraction of sp³-hybridized carbons (Fsp3) is 0.111. The van der Waals surface area contributed by atoms with Crippen LogP contribution in [0.1, 0.15) is 21.5 Å². The van der Waals surface area contributed by atoms with Gasteiger partial charge in [0.25, 0.3) is 5.91 Å². The number of hydrazone groups is 1. The third-order valence-corrected chi connectivity index (χ3v) is 2.91. The van der Waals surface area contributed by atoms with Crippen molar-refractivity contribution in [3.8, 4) is 5.75 Å². The van der Waals surface area contributed by atoms with Crippen LogP contribution in [0.25, 0.3) is 0 Å². The Labute approximate surface area is 130 Å². The van der Waals surface area contributed by atoms with Gasteiger partial charge in [0, 0.05) is 0 Å². The molecule has 0 radical (unpaired) electrons. The number of nitrogens with one attached hydrogen (secondary N) is 1. The van der Waals surface area contributed by atoms with E-state index in [2.05, 4.69) is 17.1 Å². The molecule has 0 aromatic heterocycles. The molecule has 0 bridgehead atoms. The highest BCUT2D eigenvalue weighted by Gasteiger charge is 2.10. The summed E-state index contributed by atoms with van der Waals surface area (Å²) in [5, 5.41) is 3.98. The molecule has 2 rings (SSSR count). The van der Waals surface area contributed by atoms with E-state index in [9.17, 15) is 4.79 Å². The lowest BCUT2D eigenvalue weighted by Gasteiger charge is -2.08. The zero-order chi connectivity index (χ0) is 15.8. The SMILES string of the molecule is C=CCOc1ccccc1C(=O)N/N=C/c1cccc(C)c1. The lowest BCUT2D eigenvalue weighted by molar-refractivity contribution is 0.0951. The number of carbonyl (C=O) groups excluding carboxylic acids is 1. The van der Waals surface area contributed by atoms with E-state index in [0.717, 1.165) is 11.1 Å². The van der Waals surface area contributed by atoms with Gasteiger partial charge >= 0.3 is 0 Å². The molecule has 1 amide bonds. The molecule has 0 spiro atoms. The lowest BCUT2D eigenvalue weighted by Crippen LogP contribution is -2.18. The Morgan fingerprint density at radius 2 is 2.09 bits per heavy atom. The molecule has 112 valence electrons. The van der Waals surface area contributed by atoms with Gasteiger partial charge in [-0.15, -0.1) is 0 Å². The maximum Gasteiger partial charge on any atom is 0.275 e. The third-order valence-electron chi connectivity index (χ3n) is 2.91. The molecule has 0 saturated heterocycles. The van der Waals surface area contributed by atoms with Gasteiger partial charge in [0.2, 0.25) is 0 Å². The van der Waals surface area contributed by atoms with Crippen LogP contribution in [0.3, 0.4) is 0 Å². The summed E-state index contributed by atoms with van der Waals surface area (Å²) in [7, 11) is 0. The average molecular weight is 294 g/mol. The highest BCUT2D eigenvalue weighted by atomic mass is 16.5. The molecule has 0 aliphatic heterocycles. The number of aryl methyl sites for hydroxylation is 1. The number of amides is 1. The number of hydrogen-bond donors (Lipinski definition) is 1. The molecule has 0 saturated carbocycles. The van der Waals surface area contributed by atoms with Gasteiger partial charge < -0.3 is 4.74 Å². The smallest absolute Gasteiger partial charge is 0.275 e. The number of ether oxygens (including phenoxy) is 1. The topological polar surface area (TPSA) is 50.7 Å². The molecular weight excluding hydrogens is 276 g/mol. The van der Waals surface area contributed by atoms with Crippen LogP contribution in [0.2, 0.25) is 0 Å². The molecule has 0 atom stereocenters. The van der Waals surface area contributed by atoms with Gasteiger partial charge in [-0.25, -0.2) is 5.43 Å². The first-order valence-corrected chi connectivity index (χ1v) is 6.93. The minimum atomic E-state index is -0.316. The van der Waals surface area contributed by atoms with Crippen molar-refractivity contribution in [2.75, 3.05) is 6.61 Å². The number of rotatable bonds is 6. The van der Waals surface area contributed by atoms with E-state index in [0.29, 0.717) is 17.9 Å². The second-order valence-corrected chi connectivity index (χ2v) is 4.71. The summed E-state index contributed by atoms with van der Waals surface area (Å²) in [4.78, 5) is 12.2. The van der Waals surface area contributed by atoms with Crippen molar-refractivity contribution in [3.05, 3.63) is 77.9 Å². The van der Waals surface area contributed by atoms with Crippen LogP contribution in [0.5, 0.6) is 5.75 Å². The number of nitrogens with zero attached hydrogens (tertiary/aromatic N) is 1. The quantitative estimate of drug-likeness (QED) is 0.505. The second kappa shape index (κ2) is 7.78. The number of carbonyl (C=O) groups is 1. The first-order chi connectivity index (χ1) is 10.7. The van der Waals surface area contributed by atoms with Crippen molar-refractivity contribution in [1.29, 1.82) is 0 Å². The van der Waals surface area contributed by atoms with Gasteiger partial charge in [-0.3, -0.25) is 4.79 Å². The average Bonchev–Trinajstić information content (AvgIpc) is 2.53. The Kier molecular flexibility index (Phi) is 5.49. The fourth-order valence-electron chi connectivity index (χ4n) is 1.90. The van der Waals surface area contributed by atoms with Crippen LogP contribution in [-0.2, 0) is 0 Å². The van der Waals surface area contributed by atoms with Gasteiger partial charge in [0.05, 0.1) is 11.8 Å². The van der Waals surface area contributed by atoms with E-state index in [1.165, 1.54) is 0 Å². The van der Waals surface area contributed by atoms with Crippen molar-refractivity contribution in [1.82, 2.24) is 5.43 Å². The first kappa shape index (κ1) is 15.5. The van der Waals surface area contributed by atoms with Crippen LogP contribution in [0, 0.1) is 6.92 Å². The van der Waals surface area contributed by atoms with Crippen LogP contribution in [0.4, 0.5) is 0 Å². The molecule has 4 nitrogen and oxygen atoms in total. The largest absolute Gasteiger partial charge is 0.489 e. The van der Waals surface area contributed by atoms with Crippen molar-refractivity contribution in [2.45, 2.75) is 6.92 Å². The van der Waals surface area contributed by atoms with E-state index in [4.69, 9.17) is 4.74 Å². The number of para-hydroxylation sites is 1. The summed E-state index contributed by atoms with van der Waals surface area (Å²) in [6.07, 6.45) is 3.24. The minimum absolute atomic E-state index is 0.316.